The second-order valence-corrected chi connectivity index (χ2v) is 6.54. The molecule has 0 bridgehead atoms. The van der Waals surface area contributed by atoms with Crippen LogP contribution in [0.25, 0.3) is 22.3 Å². The molecule has 3 heteroatoms. The second-order valence-electron chi connectivity index (χ2n) is 6.18. The number of hydrogen-bond acceptors (Lipinski definition) is 2. The van der Waals surface area contributed by atoms with Crippen LogP contribution in [0.5, 0.6) is 0 Å². The number of fused-ring (bicyclic) bond motifs is 1. The van der Waals surface area contributed by atoms with Crippen LogP contribution in [0, 0.1) is 0 Å². The van der Waals surface area contributed by atoms with Gasteiger partial charge in [0.15, 0.2) is 5.82 Å². The van der Waals surface area contributed by atoms with E-state index in [2.05, 4.69) is 55.0 Å². The van der Waals surface area contributed by atoms with E-state index in [1.165, 1.54) is 5.56 Å². The van der Waals surface area contributed by atoms with E-state index >= 15 is 0 Å². The molecule has 0 aliphatic rings. The summed E-state index contributed by atoms with van der Waals surface area (Å²) >= 11 is 6.26. The summed E-state index contributed by atoms with van der Waals surface area (Å²) in [6, 6.07) is 16.2. The molecule has 1 aromatic heterocycles. The molecule has 106 valence electrons. The Morgan fingerprint density at radius 3 is 2.19 bits per heavy atom. The van der Waals surface area contributed by atoms with Gasteiger partial charge in [-0.05, 0) is 23.1 Å². The SMILES string of the molecule is CC(C)(C)c1ccc(-c2nc(Cl)c3ccccc3n2)cc1. The standard InChI is InChI=1S/C18H17ClN2/c1-18(2,3)13-10-8-12(9-11-13)17-20-15-7-5-4-6-14(15)16(19)21-17/h4-11H,1-3H3. The highest BCUT2D eigenvalue weighted by atomic mass is 35.5. The van der Waals surface area contributed by atoms with Gasteiger partial charge in [-0.1, -0.05) is 68.8 Å². The number of halogens is 1. The predicted octanol–water partition coefficient (Wildman–Crippen LogP) is 5.25. The molecular weight excluding hydrogens is 280 g/mol. The van der Waals surface area contributed by atoms with Crippen molar-refractivity contribution in [3.63, 3.8) is 0 Å². The second kappa shape index (κ2) is 5.12. The lowest BCUT2D eigenvalue weighted by Gasteiger charge is -2.19. The van der Waals surface area contributed by atoms with Gasteiger partial charge < -0.3 is 0 Å². The number of hydrogen-bond donors (Lipinski definition) is 0. The highest BCUT2D eigenvalue weighted by Gasteiger charge is 2.14. The van der Waals surface area contributed by atoms with E-state index in [-0.39, 0.29) is 5.41 Å². The Kier molecular flexibility index (Phi) is 3.42. The zero-order valence-corrected chi connectivity index (χ0v) is 13.1. The van der Waals surface area contributed by atoms with Crippen LogP contribution in [-0.2, 0) is 5.41 Å². The molecule has 0 saturated heterocycles. The highest BCUT2D eigenvalue weighted by molar-refractivity contribution is 6.34. The van der Waals surface area contributed by atoms with Gasteiger partial charge in [0.1, 0.15) is 5.15 Å². The Labute approximate surface area is 129 Å². The minimum absolute atomic E-state index is 0.139. The molecule has 0 N–H and O–H groups in total. The maximum atomic E-state index is 6.26. The summed E-state index contributed by atoms with van der Waals surface area (Å²) in [5.41, 5.74) is 3.28. The average Bonchev–Trinajstić information content (AvgIpc) is 2.46. The van der Waals surface area contributed by atoms with Crippen molar-refractivity contribution in [2.75, 3.05) is 0 Å². The molecule has 3 aromatic rings. The van der Waals surface area contributed by atoms with E-state index < -0.39 is 0 Å². The molecule has 0 aliphatic heterocycles. The average molecular weight is 297 g/mol. The van der Waals surface area contributed by atoms with Gasteiger partial charge in [-0.2, -0.15) is 0 Å². The van der Waals surface area contributed by atoms with Crippen LogP contribution >= 0.6 is 11.6 Å². The van der Waals surface area contributed by atoms with Gasteiger partial charge in [-0.25, -0.2) is 9.97 Å². The van der Waals surface area contributed by atoms with Crippen LogP contribution in [-0.4, -0.2) is 9.97 Å². The molecule has 0 atom stereocenters. The van der Waals surface area contributed by atoms with E-state index in [4.69, 9.17) is 11.6 Å². The van der Waals surface area contributed by atoms with E-state index in [9.17, 15) is 0 Å². The third-order valence-corrected chi connectivity index (χ3v) is 3.85. The zero-order valence-electron chi connectivity index (χ0n) is 12.4. The van der Waals surface area contributed by atoms with Crippen molar-refractivity contribution in [1.29, 1.82) is 0 Å². The van der Waals surface area contributed by atoms with Crippen molar-refractivity contribution in [2.24, 2.45) is 0 Å². The molecular formula is C18H17ClN2. The summed E-state index contributed by atoms with van der Waals surface area (Å²) in [5.74, 6) is 0.666. The number of aromatic nitrogens is 2. The Bertz CT molecular complexity index is 786. The van der Waals surface area contributed by atoms with Gasteiger partial charge >= 0.3 is 0 Å². The van der Waals surface area contributed by atoms with Crippen LogP contribution in [0.3, 0.4) is 0 Å². The summed E-state index contributed by atoms with van der Waals surface area (Å²) in [6.45, 7) is 6.60. The molecule has 0 spiro atoms. The van der Waals surface area contributed by atoms with Crippen LogP contribution < -0.4 is 0 Å². The summed E-state index contributed by atoms with van der Waals surface area (Å²) in [5, 5.41) is 1.38. The fourth-order valence-corrected chi connectivity index (χ4v) is 2.53. The summed E-state index contributed by atoms with van der Waals surface area (Å²) < 4.78 is 0. The summed E-state index contributed by atoms with van der Waals surface area (Å²) in [4.78, 5) is 9.02. The predicted molar refractivity (Wildman–Crippen MR) is 88.7 cm³/mol. The first kappa shape index (κ1) is 14.0. The zero-order chi connectivity index (χ0) is 15.0. The fraction of sp³-hybridized carbons (Fsp3) is 0.222. The van der Waals surface area contributed by atoms with Crippen molar-refractivity contribution in [3.8, 4) is 11.4 Å². The van der Waals surface area contributed by atoms with Crippen molar-refractivity contribution >= 4 is 22.5 Å². The monoisotopic (exact) mass is 296 g/mol. The van der Waals surface area contributed by atoms with E-state index in [0.29, 0.717) is 11.0 Å². The molecule has 2 aromatic carbocycles. The van der Waals surface area contributed by atoms with Crippen molar-refractivity contribution < 1.29 is 0 Å². The van der Waals surface area contributed by atoms with Crippen molar-refractivity contribution in [2.45, 2.75) is 26.2 Å². The minimum Gasteiger partial charge on any atom is -0.228 e. The first-order chi connectivity index (χ1) is 9.95. The van der Waals surface area contributed by atoms with Crippen molar-refractivity contribution in [3.05, 3.63) is 59.2 Å². The molecule has 0 aliphatic carbocycles. The maximum Gasteiger partial charge on any atom is 0.161 e. The lowest BCUT2D eigenvalue weighted by Crippen LogP contribution is -2.10. The first-order valence-corrected chi connectivity index (χ1v) is 7.36. The normalized spacial score (nSPS) is 11.8. The Morgan fingerprint density at radius 1 is 0.857 bits per heavy atom. The van der Waals surface area contributed by atoms with Crippen LogP contribution in [0.4, 0.5) is 0 Å². The smallest absolute Gasteiger partial charge is 0.161 e. The number of benzene rings is 2. The van der Waals surface area contributed by atoms with Crippen molar-refractivity contribution in [1.82, 2.24) is 9.97 Å². The molecule has 0 fully saturated rings. The molecule has 0 saturated carbocycles. The highest BCUT2D eigenvalue weighted by Crippen LogP contribution is 2.27. The van der Waals surface area contributed by atoms with Crippen LogP contribution in [0.2, 0.25) is 5.15 Å². The molecule has 3 rings (SSSR count). The molecule has 0 radical (unpaired) electrons. The van der Waals surface area contributed by atoms with Gasteiger partial charge in [0, 0.05) is 10.9 Å². The molecule has 1 heterocycles. The van der Waals surface area contributed by atoms with Gasteiger partial charge in [-0.15, -0.1) is 0 Å². The first-order valence-electron chi connectivity index (χ1n) is 6.98. The van der Waals surface area contributed by atoms with Gasteiger partial charge in [0.25, 0.3) is 0 Å². The molecule has 21 heavy (non-hydrogen) atoms. The van der Waals surface area contributed by atoms with Gasteiger partial charge in [0.05, 0.1) is 5.52 Å². The lowest BCUT2D eigenvalue weighted by molar-refractivity contribution is 0.590. The fourth-order valence-electron chi connectivity index (χ4n) is 2.29. The lowest BCUT2D eigenvalue weighted by atomic mass is 9.87. The van der Waals surface area contributed by atoms with Gasteiger partial charge in [-0.3, -0.25) is 0 Å². The minimum atomic E-state index is 0.139. The van der Waals surface area contributed by atoms with E-state index in [1.54, 1.807) is 0 Å². The Morgan fingerprint density at radius 2 is 1.52 bits per heavy atom. The third-order valence-electron chi connectivity index (χ3n) is 3.57. The number of rotatable bonds is 1. The quantitative estimate of drug-likeness (QED) is 0.573. The Hall–Kier alpha value is -1.93. The molecule has 0 amide bonds. The van der Waals surface area contributed by atoms with Gasteiger partial charge in [0.2, 0.25) is 0 Å². The topological polar surface area (TPSA) is 25.8 Å². The largest absolute Gasteiger partial charge is 0.228 e. The maximum absolute atomic E-state index is 6.26. The summed E-state index contributed by atoms with van der Waals surface area (Å²) in [7, 11) is 0. The molecule has 2 nitrogen and oxygen atoms in total. The van der Waals surface area contributed by atoms with Crippen LogP contribution in [0.15, 0.2) is 48.5 Å². The Balaban J connectivity index is 2.08. The third kappa shape index (κ3) is 2.77. The number of nitrogens with zero attached hydrogens (tertiary/aromatic N) is 2. The van der Waals surface area contributed by atoms with Crippen LogP contribution in [0.1, 0.15) is 26.3 Å². The number of para-hydroxylation sites is 1. The molecule has 0 unspecified atom stereocenters. The summed E-state index contributed by atoms with van der Waals surface area (Å²) in [6.07, 6.45) is 0. The van der Waals surface area contributed by atoms with E-state index in [0.717, 1.165) is 16.5 Å². The van der Waals surface area contributed by atoms with E-state index in [1.807, 2.05) is 24.3 Å².